The van der Waals surface area contributed by atoms with Crippen molar-refractivity contribution in [3.63, 3.8) is 0 Å². The van der Waals surface area contributed by atoms with Gasteiger partial charge >= 0.3 is 0 Å². The highest BCUT2D eigenvalue weighted by Crippen LogP contribution is 2.49. The first kappa shape index (κ1) is 19.2. The van der Waals surface area contributed by atoms with Gasteiger partial charge in [-0.1, -0.05) is 18.6 Å². The van der Waals surface area contributed by atoms with Crippen LogP contribution in [-0.4, -0.2) is 62.0 Å². The third-order valence-corrected chi connectivity index (χ3v) is 6.86. The molecule has 2 bridgehead atoms. The van der Waals surface area contributed by atoms with Gasteiger partial charge in [0.05, 0.1) is 18.4 Å². The molecule has 4 atom stereocenters. The molecule has 4 rings (SSSR count). The van der Waals surface area contributed by atoms with Crippen molar-refractivity contribution in [3.8, 4) is 0 Å². The number of hydrogen-bond donors (Lipinski definition) is 1. The van der Waals surface area contributed by atoms with E-state index in [1.165, 1.54) is 31.7 Å². The standard InChI is InChI=1S/C22H33FN2O2/c23-21-3-1-2-4-22(21)25-10-8-24(9-11-25)15-20(26)16-27-12-7-19-14-17-5-6-18(19)13-17/h1-4,17-20,26H,5-16H2/t17-,18-,19+,20-/m1/s1. The molecule has 4 nitrogen and oxygen atoms in total. The number of ether oxygens (including phenoxy) is 1. The number of hydrogen-bond acceptors (Lipinski definition) is 4. The molecule has 3 aliphatic rings. The maximum Gasteiger partial charge on any atom is 0.146 e. The Hall–Kier alpha value is -1.17. The minimum atomic E-state index is -0.440. The van der Waals surface area contributed by atoms with Gasteiger partial charge in [0.2, 0.25) is 0 Å². The fourth-order valence-electron chi connectivity index (χ4n) is 5.41. The van der Waals surface area contributed by atoms with Crippen molar-refractivity contribution in [1.82, 2.24) is 4.90 Å². The third kappa shape index (κ3) is 4.82. The molecular formula is C22H33FN2O2. The van der Waals surface area contributed by atoms with Gasteiger partial charge in [-0.25, -0.2) is 4.39 Å². The second kappa shape index (κ2) is 8.89. The van der Waals surface area contributed by atoms with Crippen molar-refractivity contribution in [1.29, 1.82) is 0 Å². The summed E-state index contributed by atoms with van der Waals surface area (Å²) in [5.41, 5.74) is 0.682. The summed E-state index contributed by atoms with van der Waals surface area (Å²) in [7, 11) is 0. The molecule has 0 unspecified atom stereocenters. The summed E-state index contributed by atoms with van der Waals surface area (Å²) in [5, 5.41) is 10.3. The summed E-state index contributed by atoms with van der Waals surface area (Å²) in [6.07, 6.45) is 6.46. The van der Waals surface area contributed by atoms with Crippen molar-refractivity contribution in [2.45, 2.75) is 38.2 Å². The number of rotatable bonds is 8. The number of fused-ring (bicyclic) bond motifs is 2. The first-order valence-corrected chi connectivity index (χ1v) is 10.7. The van der Waals surface area contributed by atoms with Crippen LogP contribution in [0.3, 0.4) is 0 Å². The summed E-state index contributed by atoms with van der Waals surface area (Å²) in [4.78, 5) is 4.34. The Labute approximate surface area is 162 Å². The van der Waals surface area contributed by atoms with Crippen LogP contribution in [0.5, 0.6) is 0 Å². The number of nitrogens with zero attached hydrogens (tertiary/aromatic N) is 2. The van der Waals surface area contributed by atoms with Gasteiger partial charge in [0, 0.05) is 39.3 Å². The van der Waals surface area contributed by atoms with Gasteiger partial charge < -0.3 is 14.7 Å². The van der Waals surface area contributed by atoms with E-state index in [1.54, 1.807) is 6.07 Å². The van der Waals surface area contributed by atoms with Crippen LogP contribution in [0, 0.1) is 23.6 Å². The van der Waals surface area contributed by atoms with Gasteiger partial charge in [0.15, 0.2) is 0 Å². The van der Waals surface area contributed by atoms with Crippen molar-refractivity contribution < 1.29 is 14.2 Å². The molecule has 1 aromatic rings. The summed E-state index contributed by atoms with van der Waals surface area (Å²) in [6, 6.07) is 6.95. The minimum Gasteiger partial charge on any atom is -0.389 e. The van der Waals surface area contributed by atoms with Gasteiger partial charge in [0.25, 0.3) is 0 Å². The zero-order valence-corrected chi connectivity index (χ0v) is 16.2. The molecule has 2 saturated carbocycles. The lowest BCUT2D eigenvalue weighted by atomic mass is 9.87. The Balaban J connectivity index is 1.11. The number of para-hydroxylation sites is 1. The third-order valence-electron chi connectivity index (χ3n) is 6.86. The zero-order valence-electron chi connectivity index (χ0n) is 16.2. The molecule has 1 aliphatic heterocycles. The van der Waals surface area contributed by atoms with Gasteiger partial charge in [-0.2, -0.15) is 0 Å². The highest BCUT2D eigenvalue weighted by atomic mass is 19.1. The van der Waals surface area contributed by atoms with Crippen molar-refractivity contribution >= 4 is 5.69 Å². The van der Waals surface area contributed by atoms with Crippen LogP contribution in [0.1, 0.15) is 32.1 Å². The molecule has 27 heavy (non-hydrogen) atoms. The Morgan fingerprint density at radius 1 is 1.11 bits per heavy atom. The van der Waals surface area contributed by atoms with Gasteiger partial charge in [0.1, 0.15) is 5.82 Å². The Morgan fingerprint density at radius 3 is 2.63 bits per heavy atom. The van der Waals surface area contributed by atoms with Crippen molar-refractivity contribution in [2.75, 3.05) is 50.8 Å². The van der Waals surface area contributed by atoms with Crippen LogP contribution in [0.15, 0.2) is 24.3 Å². The van der Waals surface area contributed by atoms with Crippen LogP contribution in [0.4, 0.5) is 10.1 Å². The molecule has 0 spiro atoms. The Bertz CT molecular complexity index is 606. The van der Waals surface area contributed by atoms with E-state index in [2.05, 4.69) is 9.80 Å². The first-order chi connectivity index (χ1) is 13.2. The second-order valence-electron chi connectivity index (χ2n) is 8.69. The van der Waals surface area contributed by atoms with Crippen LogP contribution in [-0.2, 0) is 4.74 Å². The van der Waals surface area contributed by atoms with Crippen molar-refractivity contribution in [3.05, 3.63) is 30.1 Å². The van der Waals surface area contributed by atoms with Gasteiger partial charge in [-0.05, 0) is 55.6 Å². The highest BCUT2D eigenvalue weighted by molar-refractivity contribution is 5.47. The normalized spacial score (nSPS) is 29.4. The molecule has 1 N–H and O–H groups in total. The van der Waals surface area contributed by atoms with Gasteiger partial charge in [-0.15, -0.1) is 0 Å². The lowest BCUT2D eigenvalue weighted by Crippen LogP contribution is -2.49. The Kier molecular flexibility index (Phi) is 6.31. The van der Waals surface area contributed by atoms with Crippen molar-refractivity contribution in [2.24, 2.45) is 17.8 Å². The van der Waals surface area contributed by atoms with Crippen LogP contribution >= 0.6 is 0 Å². The lowest BCUT2D eigenvalue weighted by molar-refractivity contribution is 0.0100. The minimum absolute atomic E-state index is 0.158. The predicted octanol–water partition coefficient (Wildman–Crippen LogP) is 3.15. The fraction of sp³-hybridized carbons (Fsp3) is 0.727. The zero-order chi connectivity index (χ0) is 18.6. The second-order valence-corrected chi connectivity index (χ2v) is 8.69. The SMILES string of the molecule is O[C@@H](COCC[C@H]1C[C@@H]2CC[C@@H]1C2)CN1CCN(c2ccccc2F)CC1. The summed E-state index contributed by atoms with van der Waals surface area (Å²) in [5.74, 6) is 2.66. The number of anilines is 1. The van der Waals surface area contributed by atoms with E-state index < -0.39 is 6.10 Å². The quantitative estimate of drug-likeness (QED) is 0.707. The van der Waals surface area contributed by atoms with E-state index in [9.17, 15) is 9.50 Å². The van der Waals surface area contributed by atoms with Gasteiger partial charge in [-0.3, -0.25) is 4.90 Å². The molecule has 1 aromatic carbocycles. The first-order valence-electron chi connectivity index (χ1n) is 10.7. The van der Waals surface area contributed by atoms with E-state index in [0.717, 1.165) is 57.0 Å². The van der Waals surface area contributed by atoms with E-state index in [-0.39, 0.29) is 5.82 Å². The molecule has 1 heterocycles. The number of aliphatic hydroxyl groups excluding tert-OH is 1. The number of piperazine rings is 1. The molecule has 0 radical (unpaired) electrons. The molecule has 0 amide bonds. The maximum absolute atomic E-state index is 13.9. The van der Waals surface area contributed by atoms with Crippen LogP contribution in [0.25, 0.3) is 0 Å². The summed E-state index contributed by atoms with van der Waals surface area (Å²) >= 11 is 0. The number of β-amino-alcohol motifs (C(OH)–C–C–N with tert-alkyl or cyclic N) is 1. The molecule has 5 heteroatoms. The highest BCUT2D eigenvalue weighted by Gasteiger charge is 2.38. The average Bonchev–Trinajstić information content (AvgIpc) is 3.30. The smallest absolute Gasteiger partial charge is 0.146 e. The fourth-order valence-corrected chi connectivity index (χ4v) is 5.41. The molecule has 1 saturated heterocycles. The molecule has 0 aromatic heterocycles. The van der Waals surface area contributed by atoms with E-state index >= 15 is 0 Å². The maximum atomic E-state index is 13.9. The number of benzene rings is 1. The number of halogens is 1. The van der Waals surface area contributed by atoms with E-state index in [4.69, 9.17) is 4.74 Å². The molecular weight excluding hydrogens is 343 g/mol. The molecule has 3 fully saturated rings. The van der Waals surface area contributed by atoms with Crippen LogP contribution < -0.4 is 4.90 Å². The average molecular weight is 377 g/mol. The number of aliphatic hydroxyl groups is 1. The summed E-state index contributed by atoms with van der Waals surface area (Å²) < 4.78 is 19.7. The lowest BCUT2D eigenvalue weighted by Gasteiger charge is -2.37. The largest absolute Gasteiger partial charge is 0.389 e. The predicted molar refractivity (Wildman–Crippen MR) is 105 cm³/mol. The molecule has 2 aliphatic carbocycles. The van der Waals surface area contributed by atoms with E-state index in [1.807, 2.05) is 12.1 Å². The monoisotopic (exact) mass is 376 g/mol. The Morgan fingerprint density at radius 2 is 1.93 bits per heavy atom. The molecule has 150 valence electrons. The topological polar surface area (TPSA) is 35.9 Å². The summed E-state index contributed by atoms with van der Waals surface area (Å²) in [6.45, 7) is 5.12. The van der Waals surface area contributed by atoms with E-state index in [0.29, 0.717) is 18.8 Å². The van der Waals surface area contributed by atoms with Crippen LogP contribution in [0.2, 0.25) is 0 Å².